The molecule has 0 fully saturated rings. The molecular weight excluding hydrogens is 264 g/mol. The molecule has 0 atom stereocenters. The molecule has 0 aliphatic rings. The Balaban J connectivity index is 2.53. The fourth-order valence-corrected chi connectivity index (χ4v) is 2.99. The summed E-state index contributed by atoms with van der Waals surface area (Å²) >= 11 is 0. The lowest BCUT2D eigenvalue weighted by molar-refractivity contribution is 0.860. The molecule has 2 aromatic carbocycles. The van der Waals surface area contributed by atoms with Gasteiger partial charge in [0.1, 0.15) is 0 Å². The summed E-state index contributed by atoms with van der Waals surface area (Å²) in [6.45, 7) is 9.03. The van der Waals surface area contributed by atoms with Crippen LogP contribution in [0.15, 0.2) is 60.2 Å². The minimum Gasteiger partial charge on any atom is -0.0651 e. The summed E-state index contributed by atoms with van der Waals surface area (Å²) in [7, 11) is 0. The first-order valence-corrected chi connectivity index (χ1v) is 8.55. The first-order chi connectivity index (χ1) is 10.7. The quantitative estimate of drug-likeness (QED) is 0.548. The van der Waals surface area contributed by atoms with E-state index in [0.29, 0.717) is 5.92 Å². The monoisotopic (exact) mass is 292 g/mol. The van der Waals surface area contributed by atoms with Crippen LogP contribution in [0, 0.1) is 0 Å². The lowest BCUT2D eigenvalue weighted by atomic mass is 9.89. The van der Waals surface area contributed by atoms with Crippen LogP contribution in [0.3, 0.4) is 0 Å². The Kier molecular flexibility index (Phi) is 6.00. The van der Waals surface area contributed by atoms with Gasteiger partial charge >= 0.3 is 0 Å². The van der Waals surface area contributed by atoms with E-state index < -0.39 is 0 Å². The van der Waals surface area contributed by atoms with Crippen LogP contribution in [-0.2, 0) is 0 Å². The number of hydrogen-bond donors (Lipinski definition) is 0. The van der Waals surface area contributed by atoms with E-state index in [0.717, 1.165) is 6.42 Å². The summed E-state index contributed by atoms with van der Waals surface area (Å²) in [6, 6.07) is 20.0. The van der Waals surface area contributed by atoms with Crippen molar-refractivity contribution < 1.29 is 0 Å². The molecule has 0 heteroatoms. The molecule has 0 unspecified atom stereocenters. The third kappa shape index (κ3) is 3.88. The van der Waals surface area contributed by atoms with Crippen molar-refractivity contribution in [2.75, 3.05) is 0 Å². The minimum atomic E-state index is 0.583. The average molecular weight is 292 g/mol. The summed E-state index contributed by atoms with van der Waals surface area (Å²) in [5.41, 5.74) is 7.09. The van der Waals surface area contributed by atoms with E-state index in [4.69, 9.17) is 0 Å². The van der Waals surface area contributed by atoms with Gasteiger partial charge in [-0.1, -0.05) is 94.3 Å². The van der Waals surface area contributed by atoms with E-state index in [9.17, 15) is 0 Å². The number of allylic oxidation sites excluding steroid dienone is 1. The van der Waals surface area contributed by atoms with Crippen molar-refractivity contribution in [3.63, 3.8) is 0 Å². The number of hydrogen-bond acceptors (Lipinski definition) is 0. The van der Waals surface area contributed by atoms with Crippen molar-refractivity contribution >= 4 is 5.57 Å². The molecule has 0 radical (unpaired) electrons. The average Bonchev–Trinajstić information content (AvgIpc) is 2.56. The van der Waals surface area contributed by atoms with Gasteiger partial charge in [0.05, 0.1) is 0 Å². The Labute approximate surface area is 135 Å². The number of rotatable bonds is 6. The molecule has 0 N–H and O–H groups in total. The fraction of sp³-hybridized carbons (Fsp3) is 0.364. The van der Waals surface area contributed by atoms with Gasteiger partial charge in [0.25, 0.3) is 0 Å². The molecule has 0 aliphatic heterocycles. The van der Waals surface area contributed by atoms with Gasteiger partial charge in [-0.15, -0.1) is 0 Å². The third-order valence-corrected chi connectivity index (χ3v) is 4.26. The molecule has 0 spiro atoms. The summed E-state index contributed by atoms with van der Waals surface area (Å²) in [5.74, 6) is 0.583. The van der Waals surface area contributed by atoms with Gasteiger partial charge in [0.15, 0.2) is 0 Å². The highest BCUT2D eigenvalue weighted by molar-refractivity contribution is 5.82. The summed E-state index contributed by atoms with van der Waals surface area (Å²) in [6.07, 6.45) is 3.49. The second-order valence-electron chi connectivity index (χ2n) is 6.22. The van der Waals surface area contributed by atoms with Gasteiger partial charge < -0.3 is 0 Å². The minimum absolute atomic E-state index is 0.583. The highest BCUT2D eigenvalue weighted by Gasteiger charge is 2.11. The molecule has 0 saturated heterocycles. The Morgan fingerprint density at radius 2 is 1.41 bits per heavy atom. The summed E-state index contributed by atoms with van der Waals surface area (Å²) in [5, 5.41) is 0. The normalized spacial score (nSPS) is 12.4. The van der Waals surface area contributed by atoms with E-state index in [1.165, 1.54) is 35.1 Å². The lowest BCUT2D eigenvalue weighted by Gasteiger charge is -2.16. The second-order valence-corrected chi connectivity index (χ2v) is 6.22. The molecule has 0 amide bonds. The van der Waals surface area contributed by atoms with Crippen molar-refractivity contribution in [2.24, 2.45) is 0 Å². The Hall–Kier alpha value is -1.82. The molecule has 0 nitrogen and oxygen atoms in total. The van der Waals surface area contributed by atoms with E-state index in [-0.39, 0.29) is 0 Å². The van der Waals surface area contributed by atoms with Crippen LogP contribution in [0.4, 0.5) is 0 Å². The predicted octanol–water partition coefficient (Wildman–Crippen LogP) is 6.82. The van der Waals surface area contributed by atoms with Crippen molar-refractivity contribution in [1.29, 1.82) is 0 Å². The van der Waals surface area contributed by atoms with Crippen LogP contribution in [0.5, 0.6) is 0 Å². The first-order valence-electron chi connectivity index (χ1n) is 8.55. The van der Waals surface area contributed by atoms with Gasteiger partial charge in [0, 0.05) is 0 Å². The molecule has 2 rings (SSSR count). The van der Waals surface area contributed by atoms with E-state index >= 15 is 0 Å². The highest BCUT2D eigenvalue weighted by Crippen LogP contribution is 2.31. The van der Waals surface area contributed by atoms with Gasteiger partial charge in [-0.3, -0.25) is 0 Å². The molecule has 0 heterocycles. The zero-order valence-electron chi connectivity index (χ0n) is 14.4. The van der Waals surface area contributed by atoms with Crippen LogP contribution in [0.2, 0.25) is 0 Å². The zero-order chi connectivity index (χ0) is 15.9. The van der Waals surface area contributed by atoms with Gasteiger partial charge in [-0.25, -0.2) is 0 Å². The number of benzene rings is 2. The lowest BCUT2D eigenvalue weighted by Crippen LogP contribution is -1.96. The fourth-order valence-electron chi connectivity index (χ4n) is 2.99. The molecule has 0 aliphatic carbocycles. The van der Waals surface area contributed by atoms with Crippen LogP contribution in [0.1, 0.15) is 69.6 Å². The van der Waals surface area contributed by atoms with Gasteiger partial charge in [-0.2, -0.15) is 0 Å². The van der Waals surface area contributed by atoms with E-state index in [1.807, 2.05) is 0 Å². The molecule has 0 saturated carbocycles. The second kappa shape index (κ2) is 7.98. The van der Waals surface area contributed by atoms with E-state index in [1.54, 1.807) is 5.57 Å². The Bertz CT molecular complexity index is 600. The standard InChI is InChI=1S/C22H28/c1-5-10-18(6-2)22(20-11-8-7-9-12-20)21-15-13-19(14-16-21)17(3)4/h7-9,11-17H,5-6,10H2,1-4H3/b22-18+. The van der Waals surface area contributed by atoms with Crippen LogP contribution in [0.25, 0.3) is 5.57 Å². The van der Waals surface area contributed by atoms with Crippen molar-refractivity contribution in [3.05, 3.63) is 76.9 Å². The van der Waals surface area contributed by atoms with Crippen LogP contribution < -0.4 is 0 Å². The maximum atomic E-state index is 2.29. The van der Waals surface area contributed by atoms with Gasteiger partial charge in [-0.05, 0) is 41.0 Å². The molecular formula is C22H28. The summed E-state index contributed by atoms with van der Waals surface area (Å²) < 4.78 is 0. The predicted molar refractivity (Wildman–Crippen MR) is 98.2 cm³/mol. The maximum Gasteiger partial charge on any atom is -0.0120 e. The topological polar surface area (TPSA) is 0 Å². The van der Waals surface area contributed by atoms with Crippen LogP contribution >= 0.6 is 0 Å². The van der Waals surface area contributed by atoms with Crippen molar-refractivity contribution in [1.82, 2.24) is 0 Å². The smallest absolute Gasteiger partial charge is 0.0120 e. The maximum absolute atomic E-state index is 2.29. The third-order valence-electron chi connectivity index (χ3n) is 4.26. The SMILES string of the molecule is CCC/C(CC)=C(\c1ccccc1)c1ccc(C(C)C)cc1. The largest absolute Gasteiger partial charge is 0.0651 e. The van der Waals surface area contributed by atoms with Gasteiger partial charge in [0.2, 0.25) is 0 Å². The van der Waals surface area contributed by atoms with E-state index in [2.05, 4.69) is 82.3 Å². The highest BCUT2D eigenvalue weighted by atomic mass is 14.2. The Morgan fingerprint density at radius 3 is 1.91 bits per heavy atom. The molecule has 116 valence electrons. The molecule has 2 aromatic rings. The molecule has 0 bridgehead atoms. The molecule has 22 heavy (non-hydrogen) atoms. The Morgan fingerprint density at radius 1 is 0.818 bits per heavy atom. The first kappa shape index (κ1) is 16.5. The zero-order valence-corrected chi connectivity index (χ0v) is 14.4. The molecule has 0 aromatic heterocycles. The summed E-state index contributed by atoms with van der Waals surface area (Å²) in [4.78, 5) is 0. The van der Waals surface area contributed by atoms with Crippen LogP contribution in [-0.4, -0.2) is 0 Å². The van der Waals surface area contributed by atoms with Crippen molar-refractivity contribution in [3.8, 4) is 0 Å². The van der Waals surface area contributed by atoms with Crippen molar-refractivity contribution in [2.45, 2.75) is 52.9 Å².